The third-order valence-corrected chi connectivity index (χ3v) is 6.29. The van der Waals surface area contributed by atoms with E-state index in [1.54, 1.807) is 23.6 Å². The van der Waals surface area contributed by atoms with Gasteiger partial charge in [-0.2, -0.15) is 0 Å². The molecule has 0 aliphatic rings. The Bertz CT molecular complexity index is 1140. The Morgan fingerprint density at radius 3 is 2.58 bits per heavy atom. The van der Waals surface area contributed by atoms with Gasteiger partial charge >= 0.3 is 5.97 Å². The molecule has 3 N–H and O–H groups in total. The summed E-state index contributed by atoms with van der Waals surface area (Å²) in [5.41, 5.74) is 10.0. The highest BCUT2D eigenvalue weighted by atomic mass is 32.1. The average Bonchev–Trinajstić information content (AvgIpc) is 3.46. The Morgan fingerprint density at radius 1 is 1.06 bits per heavy atom. The van der Waals surface area contributed by atoms with Crippen molar-refractivity contribution < 1.29 is 9.53 Å². The summed E-state index contributed by atoms with van der Waals surface area (Å²) in [5, 5.41) is 8.84. The molecule has 1 atom stereocenters. The zero-order valence-electron chi connectivity index (χ0n) is 16.9. The summed E-state index contributed by atoms with van der Waals surface area (Å²) in [4.78, 5) is 21.3. The summed E-state index contributed by atoms with van der Waals surface area (Å²) in [7, 11) is 0. The van der Waals surface area contributed by atoms with Crippen LogP contribution in [0, 0.1) is 0 Å². The number of nitrogens with zero attached hydrogens (tertiary/aromatic N) is 2. The van der Waals surface area contributed by atoms with Gasteiger partial charge in [0.15, 0.2) is 10.8 Å². The molecule has 0 aliphatic carbocycles. The highest BCUT2D eigenvalue weighted by Crippen LogP contribution is 2.31. The Kier molecular flexibility index (Phi) is 6.59. The molecule has 0 aliphatic heterocycles. The number of carbonyl (C=O) groups excluding carboxylic acids is 1. The third-order valence-electron chi connectivity index (χ3n) is 4.61. The van der Waals surface area contributed by atoms with Crippen molar-refractivity contribution in [3.63, 3.8) is 0 Å². The monoisotopic (exact) mass is 450 g/mol. The highest BCUT2D eigenvalue weighted by Gasteiger charge is 2.19. The van der Waals surface area contributed by atoms with Gasteiger partial charge in [-0.25, -0.2) is 14.8 Å². The molecule has 2 heterocycles. The topological polar surface area (TPSA) is 90.1 Å². The maximum atomic E-state index is 12.0. The van der Waals surface area contributed by atoms with Crippen molar-refractivity contribution in [3.8, 4) is 10.6 Å². The highest BCUT2D eigenvalue weighted by molar-refractivity contribution is 7.14. The van der Waals surface area contributed by atoms with Gasteiger partial charge in [-0.1, -0.05) is 42.5 Å². The minimum atomic E-state index is -0.415. The van der Waals surface area contributed by atoms with Crippen LogP contribution in [-0.2, 0) is 11.2 Å². The molecule has 0 saturated heterocycles. The van der Waals surface area contributed by atoms with Crippen molar-refractivity contribution in [1.82, 2.24) is 9.97 Å². The number of ether oxygens (including phenoxy) is 1. The van der Waals surface area contributed by atoms with Gasteiger partial charge in [0.25, 0.3) is 0 Å². The van der Waals surface area contributed by atoms with Crippen LogP contribution >= 0.6 is 22.7 Å². The lowest BCUT2D eigenvalue weighted by Crippen LogP contribution is -2.14. The summed E-state index contributed by atoms with van der Waals surface area (Å²) in [6, 6.07) is 17.8. The number of rotatable bonds is 8. The van der Waals surface area contributed by atoms with E-state index in [1.165, 1.54) is 11.3 Å². The molecule has 4 aromatic rings. The fourth-order valence-electron chi connectivity index (χ4n) is 3.07. The smallest absolute Gasteiger partial charge is 0.357 e. The second kappa shape index (κ2) is 9.72. The Hall–Kier alpha value is -3.23. The van der Waals surface area contributed by atoms with Gasteiger partial charge in [-0.15, -0.1) is 22.7 Å². The first kappa shape index (κ1) is 21.0. The van der Waals surface area contributed by atoms with Crippen LogP contribution in [0.25, 0.3) is 10.6 Å². The molecular weight excluding hydrogens is 428 g/mol. The number of nitrogen functional groups attached to an aromatic ring is 1. The van der Waals surface area contributed by atoms with Gasteiger partial charge in [-0.3, -0.25) is 0 Å². The van der Waals surface area contributed by atoms with E-state index in [4.69, 9.17) is 15.5 Å². The van der Waals surface area contributed by atoms with Gasteiger partial charge in [0.05, 0.1) is 18.3 Å². The van der Waals surface area contributed by atoms with Crippen LogP contribution in [0.3, 0.4) is 0 Å². The lowest BCUT2D eigenvalue weighted by Gasteiger charge is -2.16. The van der Waals surface area contributed by atoms with Gasteiger partial charge < -0.3 is 15.8 Å². The molecule has 6 nitrogen and oxygen atoms in total. The molecule has 0 saturated carbocycles. The number of anilines is 2. The lowest BCUT2D eigenvalue weighted by atomic mass is 10.0. The van der Waals surface area contributed by atoms with Crippen LogP contribution in [0.5, 0.6) is 0 Å². The zero-order chi connectivity index (χ0) is 21.6. The van der Waals surface area contributed by atoms with Crippen molar-refractivity contribution in [1.29, 1.82) is 0 Å². The van der Waals surface area contributed by atoms with E-state index in [2.05, 4.69) is 27.8 Å². The van der Waals surface area contributed by atoms with Crippen molar-refractivity contribution in [3.05, 3.63) is 82.3 Å². The van der Waals surface area contributed by atoms with E-state index in [1.807, 2.05) is 42.5 Å². The number of nitrogens with two attached hydrogens (primary N) is 1. The first-order valence-electron chi connectivity index (χ1n) is 9.87. The van der Waals surface area contributed by atoms with E-state index < -0.39 is 5.97 Å². The molecule has 4 rings (SSSR count). The number of carbonyl (C=O) groups is 1. The molecule has 0 amide bonds. The summed E-state index contributed by atoms with van der Waals surface area (Å²) >= 11 is 2.98. The maximum absolute atomic E-state index is 12.0. The van der Waals surface area contributed by atoms with E-state index >= 15 is 0 Å². The van der Waals surface area contributed by atoms with Gasteiger partial charge in [0, 0.05) is 22.0 Å². The van der Waals surface area contributed by atoms with Crippen molar-refractivity contribution in [2.45, 2.75) is 19.4 Å². The molecule has 0 spiro atoms. The Labute approximate surface area is 188 Å². The molecule has 0 radical (unpaired) electrons. The summed E-state index contributed by atoms with van der Waals surface area (Å²) < 4.78 is 5.04. The van der Waals surface area contributed by atoms with Crippen LogP contribution in [0.15, 0.2) is 65.4 Å². The number of aromatic nitrogens is 2. The minimum absolute atomic E-state index is 0.112. The summed E-state index contributed by atoms with van der Waals surface area (Å²) in [6.45, 7) is 2.10. The van der Waals surface area contributed by atoms with Gasteiger partial charge in [0.2, 0.25) is 0 Å². The number of nitrogens with one attached hydrogen (secondary N) is 1. The lowest BCUT2D eigenvalue weighted by molar-refractivity contribution is 0.0520. The molecule has 158 valence electrons. The van der Waals surface area contributed by atoms with Gasteiger partial charge in [0.1, 0.15) is 5.01 Å². The molecule has 31 heavy (non-hydrogen) atoms. The van der Waals surface area contributed by atoms with Crippen molar-refractivity contribution in [2.24, 2.45) is 0 Å². The maximum Gasteiger partial charge on any atom is 0.357 e. The standard InChI is InChI=1S/C23H22N4O2S2/c1-2-29-22(28)20-14-31-23(27-20)26-18(12-15-8-10-17(24)11-9-15)19-13-30-21(25-19)16-6-4-3-5-7-16/h3-11,13-14,18H,2,12,24H2,1H3,(H,26,27). The van der Waals surface area contributed by atoms with Crippen LogP contribution in [0.2, 0.25) is 0 Å². The number of benzene rings is 2. The second-order valence-electron chi connectivity index (χ2n) is 6.84. The molecule has 8 heteroatoms. The molecule has 0 fully saturated rings. The van der Waals surface area contributed by atoms with E-state index in [0.717, 1.165) is 27.5 Å². The SMILES string of the molecule is CCOC(=O)c1csc(NC(Cc2ccc(N)cc2)c2csc(-c3ccccc3)n2)n1. The van der Waals surface area contributed by atoms with Crippen molar-refractivity contribution >= 4 is 39.5 Å². The average molecular weight is 451 g/mol. The fraction of sp³-hybridized carbons (Fsp3) is 0.174. The first-order valence-corrected chi connectivity index (χ1v) is 11.6. The molecule has 2 aromatic heterocycles. The van der Waals surface area contributed by atoms with E-state index in [0.29, 0.717) is 23.9 Å². The molecule has 2 aromatic carbocycles. The summed E-state index contributed by atoms with van der Waals surface area (Å²) in [5.74, 6) is -0.415. The predicted octanol–water partition coefficient (Wildman–Crippen LogP) is 5.42. The zero-order valence-corrected chi connectivity index (χ0v) is 18.6. The van der Waals surface area contributed by atoms with E-state index in [-0.39, 0.29) is 6.04 Å². The number of esters is 1. The number of hydrogen-bond donors (Lipinski definition) is 2. The molecule has 0 bridgehead atoms. The van der Waals surface area contributed by atoms with Crippen LogP contribution in [0.4, 0.5) is 10.8 Å². The molecule has 1 unspecified atom stereocenters. The van der Waals surface area contributed by atoms with Crippen LogP contribution in [-0.4, -0.2) is 22.5 Å². The second-order valence-corrected chi connectivity index (χ2v) is 8.56. The Morgan fingerprint density at radius 2 is 1.84 bits per heavy atom. The predicted molar refractivity (Wildman–Crippen MR) is 127 cm³/mol. The first-order chi connectivity index (χ1) is 15.1. The fourth-order valence-corrected chi connectivity index (χ4v) is 4.68. The quantitative estimate of drug-likeness (QED) is 0.275. The largest absolute Gasteiger partial charge is 0.461 e. The van der Waals surface area contributed by atoms with Crippen LogP contribution < -0.4 is 11.1 Å². The Balaban J connectivity index is 1.60. The normalized spacial score (nSPS) is 11.8. The number of hydrogen-bond acceptors (Lipinski definition) is 8. The van der Waals surface area contributed by atoms with Gasteiger partial charge in [-0.05, 0) is 31.0 Å². The molecular formula is C23H22N4O2S2. The minimum Gasteiger partial charge on any atom is -0.461 e. The third kappa shape index (κ3) is 5.28. The summed E-state index contributed by atoms with van der Waals surface area (Å²) in [6.07, 6.45) is 0.701. The number of thiazole rings is 2. The van der Waals surface area contributed by atoms with Crippen LogP contribution in [0.1, 0.15) is 34.7 Å². The van der Waals surface area contributed by atoms with Crippen molar-refractivity contribution in [2.75, 3.05) is 17.7 Å². The van der Waals surface area contributed by atoms with E-state index in [9.17, 15) is 4.79 Å².